The number of para-hydroxylation sites is 1. The monoisotopic (exact) mass is 222 g/mol. The van der Waals surface area contributed by atoms with Gasteiger partial charge in [-0.3, -0.25) is 0 Å². The molecule has 0 saturated heterocycles. The Morgan fingerprint density at radius 2 is 2.00 bits per heavy atom. The van der Waals surface area contributed by atoms with Gasteiger partial charge in [0, 0.05) is 0 Å². The summed E-state index contributed by atoms with van der Waals surface area (Å²) in [5.74, 6) is 0.375. The van der Waals surface area contributed by atoms with Crippen LogP contribution < -0.4 is 4.74 Å². The van der Waals surface area contributed by atoms with Crippen molar-refractivity contribution in [3.8, 4) is 5.75 Å². The molecule has 1 unspecified atom stereocenters. The van der Waals surface area contributed by atoms with E-state index >= 15 is 0 Å². The first kappa shape index (κ1) is 12.6. The third-order valence-electron chi connectivity index (χ3n) is 2.13. The number of ether oxygens (including phenoxy) is 2. The third-order valence-corrected chi connectivity index (χ3v) is 2.13. The van der Waals surface area contributed by atoms with Crippen LogP contribution in [0, 0.1) is 0 Å². The summed E-state index contributed by atoms with van der Waals surface area (Å²) in [5.41, 5.74) is 0. The van der Waals surface area contributed by atoms with E-state index in [1.165, 1.54) is 0 Å². The van der Waals surface area contributed by atoms with Crippen molar-refractivity contribution in [2.24, 2.45) is 0 Å². The van der Waals surface area contributed by atoms with E-state index < -0.39 is 6.10 Å². The summed E-state index contributed by atoms with van der Waals surface area (Å²) in [7, 11) is 0. The van der Waals surface area contributed by atoms with Crippen LogP contribution in [-0.4, -0.2) is 18.7 Å². The van der Waals surface area contributed by atoms with Crippen molar-refractivity contribution < 1.29 is 14.3 Å². The fourth-order valence-corrected chi connectivity index (χ4v) is 1.19. The van der Waals surface area contributed by atoms with Crippen molar-refractivity contribution in [3.63, 3.8) is 0 Å². The second-order valence-corrected chi connectivity index (χ2v) is 3.59. The van der Waals surface area contributed by atoms with E-state index in [2.05, 4.69) is 6.92 Å². The van der Waals surface area contributed by atoms with Gasteiger partial charge in [-0.05, 0) is 25.5 Å². The van der Waals surface area contributed by atoms with Gasteiger partial charge in [-0.25, -0.2) is 4.79 Å². The normalized spacial score (nSPS) is 11.9. The van der Waals surface area contributed by atoms with Gasteiger partial charge in [0.2, 0.25) is 0 Å². The molecule has 88 valence electrons. The predicted molar refractivity (Wildman–Crippen MR) is 62.4 cm³/mol. The number of benzene rings is 1. The lowest BCUT2D eigenvalue weighted by atomic mass is 10.3. The van der Waals surface area contributed by atoms with Crippen LogP contribution in [0.25, 0.3) is 0 Å². The largest absolute Gasteiger partial charge is 0.479 e. The summed E-state index contributed by atoms with van der Waals surface area (Å²) in [5, 5.41) is 0. The molecule has 0 fully saturated rings. The molecule has 0 amide bonds. The molecule has 1 aromatic rings. The molecule has 0 aromatic heterocycles. The Labute approximate surface area is 96.4 Å². The van der Waals surface area contributed by atoms with Gasteiger partial charge >= 0.3 is 5.97 Å². The van der Waals surface area contributed by atoms with Crippen LogP contribution in [0.4, 0.5) is 0 Å². The molecule has 0 saturated carbocycles. The lowest BCUT2D eigenvalue weighted by Gasteiger charge is -2.13. The molecule has 0 aliphatic heterocycles. The lowest BCUT2D eigenvalue weighted by Crippen LogP contribution is -2.26. The number of hydrogen-bond donors (Lipinski definition) is 0. The number of carbonyl (C=O) groups is 1. The Kier molecular flexibility index (Phi) is 5.40. The van der Waals surface area contributed by atoms with Crippen molar-refractivity contribution in [3.05, 3.63) is 30.3 Å². The second kappa shape index (κ2) is 6.88. The smallest absolute Gasteiger partial charge is 0.347 e. The molecular weight excluding hydrogens is 204 g/mol. The van der Waals surface area contributed by atoms with Crippen LogP contribution in [0.1, 0.15) is 26.7 Å². The highest BCUT2D eigenvalue weighted by molar-refractivity contribution is 5.74. The quantitative estimate of drug-likeness (QED) is 0.548. The van der Waals surface area contributed by atoms with Crippen LogP contribution >= 0.6 is 0 Å². The average molecular weight is 222 g/mol. The van der Waals surface area contributed by atoms with Gasteiger partial charge in [0.15, 0.2) is 6.10 Å². The van der Waals surface area contributed by atoms with Gasteiger partial charge in [-0.1, -0.05) is 31.5 Å². The SMILES string of the molecule is CCCCOC(=O)C(C)Oc1ccccc1. The Balaban J connectivity index is 2.34. The number of rotatable bonds is 6. The van der Waals surface area contributed by atoms with Crippen LogP contribution in [0.15, 0.2) is 30.3 Å². The molecule has 1 atom stereocenters. The summed E-state index contributed by atoms with van der Waals surface area (Å²) < 4.78 is 10.5. The maximum absolute atomic E-state index is 11.5. The minimum Gasteiger partial charge on any atom is -0.479 e. The van der Waals surface area contributed by atoms with E-state index in [1.807, 2.05) is 30.3 Å². The lowest BCUT2D eigenvalue weighted by molar-refractivity contribution is -0.151. The van der Waals surface area contributed by atoms with Gasteiger partial charge in [0.25, 0.3) is 0 Å². The minimum atomic E-state index is -0.556. The predicted octanol–water partition coefficient (Wildman–Crippen LogP) is 2.80. The maximum atomic E-state index is 11.5. The Morgan fingerprint density at radius 3 is 2.62 bits per heavy atom. The van der Waals surface area contributed by atoms with E-state index in [0.717, 1.165) is 12.8 Å². The Bertz CT molecular complexity index is 308. The van der Waals surface area contributed by atoms with Gasteiger partial charge in [-0.15, -0.1) is 0 Å². The number of hydrogen-bond acceptors (Lipinski definition) is 3. The summed E-state index contributed by atoms with van der Waals surface area (Å²) in [4.78, 5) is 11.5. The second-order valence-electron chi connectivity index (χ2n) is 3.59. The topological polar surface area (TPSA) is 35.5 Å². The fourth-order valence-electron chi connectivity index (χ4n) is 1.19. The summed E-state index contributed by atoms with van der Waals surface area (Å²) in [6.07, 6.45) is 1.35. The van der Waals surface area contributed by atoms with Crippen molar-refractivity contribution in [2.75, 3.05) is 6.61 Å². The molecule has 3 nitrogen and oxygen atoms in total. The molecule has 0 spiro atoms. The van der Waals surface area contributed by atoms with E-state index in [1.54, 1.807) is 6.92 Å². The first-order chi connectivity index (χ1) is 7.74. The van der Waals surface area contributed by atoms with Gasteiger partial charge < -0.3 is 9.47 Å². The zero-order valence-electron chi connectivity index (χ0n) is 9.81. The first-order valence-electron chi connectivity index (χ1n) is 5.62. The standard InChI is InChI=1S/C13H18O3/c1-3-4-10-15-13(14)11(2)16-12-8-6-5-7-9-12/h5-9,11H,3-4,10H2,1-2H3. The first-order valence-corrected chi connectivity index (χ1v) is 5.62. The summed E-state index contributed by atoms with van der Waals surface area (Å²) >= 11 is 0. The van der Waals surface area contributed by atoms with E-state index in [9.17, 15) is 4.79 Å². The van der Waals surface area contributed by atoms with Crippen molar-refractivity contribution in [1.82, 2.24) is 0 Å². The molecule has 0 heterocycles. The molecule has 0 aliphatic carbocycles. The zero-order valence-corrected chi connectivity index (χ0v) is 9.81. The molecule has 1 rings (SSSR count). The van der Waals surface area contributed by atoms with E-state index in [4.69, 9.17) is 9.47 Å². The van der Waals surface area contributed by atoms with E-state index in [-0.39, 0.29) is 5.97 Å². The summed E-state index contributed by atoms with van der Waals surface area (Å²) in [6.45, 7) is 4.22. The highest BCUT2D eigenvalue weighted by atomic mass is 16.6. The average Bonchev–Trinajstić information content (AvgIpc) is 2.30. The molecule has 1 aromatic carbocycles. The highest BCUT2D eigenvalue weighted by Gasteiger charge is 2.15. The van der Waals surface area contributed by atoms with Crippen LogP contribution in [0.3, 0.4) is 0 Å². The molecule has 0 bridgehead atoms. The molecule has 0 radical (unpaired) electrons. The summed E-state index contributed by atoms with van der Waals surface area (Å²) in [6, 6.07) is 9.26. The maximum Gasteiger partial charge on any atom is 0.347 e. The number of unbranched alkanes of at least 4 members (excludes halogenated alkanes) is 1. The van der Waals surface area contributed by atoms with Crippen LogP contribution in [0.2, 0.25) is 0 Å². The molecule has 0 N–H and O–H groups in total. The van der Waals surface area contributed by atoms with Gasteiger partial charge in [0.1, 0.15) is 5.75 Å². The van der Waals surface area contributed by atoms with Gasteiger partial charge in [0.05, 0.1) is 6.61 Å². The van der Waals surface area contributed by atoms with Crippen molar-refractivity contribution >= 4 is 5.97 Å². The highest BCUT2D eigenvalue weighted by Crippen LogP contribution is 2.11. The van der Waals surface area contributed by atoms with Gasteiger partial charge in [-0.2, -0.15) is 0 Å². The molecule has 16 heavy (non-hydrogen) atoms. The third kappa shape index (κ3) is 4.34. The van der Waals surface area contributed by atoms with Crippen LogP contribution in [-0.2, 0) is 9.53 Å². The van der Waals surface area contributed by atoms with Crippen molar-refractivity contribution in [1.29, 1.82) is 0 Å². The van der Waals surface area contributed by atoms with Crippen molar-refractivity contribution in [2.45, 2.75) is 32.8 Å². The number of esters is 1. The Morgan fingerprint density at radius 1 is 1.31 bits per heavy atom. The molecular formula is C13H18O3. The zero-order chi connectivity index (χ0) is 11.8. The number of carbonyl (C=O) groups excluding carboxylic acids is 1. The molecule has 0 aliphatic rings. The Hall–Kier alpha value is -1.51. The molecule has 3 heteroatoms. The van der Waals surface area contributed by atoms with E-state index in [0.29, 0.717) is 12.4 Å². The van der Waals surface area contributed by atoms with Crippen LogP contribution in [0.5, 0.6) is 5.75 Å². The minimum absolute atomic E-state index is 0.308. The fraction of sp³-hybridized carbons (Fsp3) is 0.462.